The number of ether oxygens (including phenoxy) is 4. The van der Waals surface area contributed by atoms with Gasteiger partial charge in [0.15, 0.2) is 12.2 Å². The van der Waals surface area contributed by atoms with Crippen molar-refractivity contribution in [3.8, 4) is 0 Å². The summed E-state index contributed by atoms with van der Waals surface area (Å²) in [5.41, 5.74) is 0. The van der Waals surface area contributed by atoms with Crippen LogP contribution in [-0.4, -0.2) is 96.7 Å². The molecule has 89 heavy (non-hydrogen) atoms. The zero-order valence-electron chi connectivity index (χ0n) is 57.7. The lowest BCUT2D eigenvalue weighted by Gasteiger charge is -2.21. The van der Waals surface area contributed by atoms with Crippen molar-refractivity contribution in [3.63, 3.8) is 0 Å². The van der Waals surface area contributed by atoms with Gasteiger partial charge in [0, 0.05) is 25.7 Å². The van der Waals surface area contributed by atoms with Crippen molar-refractivity contribution in [1.29, 1.82) is 0 Å². The summed E-state index contributed by atoms with van der Waals surface area (Å²) in [6.07, 6.45) is 47.3. The average Bonchev–Trinajstić information content (AvgIpc) is 3.56. The zero-order valence-corrected chi connectivity index (χ0v) is 59.5. The van der Waals surface area contributed by atoms with Crippen LogP contribution in [0.15, 0.2) is 0 Å². The summed E-state index contributed by atoms with van der Waals surface area (Å²) in [6, 6.07) is 0. The molecule has 0 saturated carbocycles. The Balaban J connectivity index is 5.22. The first-order valence-electron chi connectivity index (χ1n) is 36.5. The molecule has 0 radical (unpaired) electrons. The van der Waals surface area contributed by atoms with E-state index in [9.17, 15) is 43.2 Å². The highest BCUT2D eigenvalue weighted by Crippen LogP contribution is 2.45. The number of aliphatic hydroxyl groups excluding tert-OH is 1. The first-order chi connectivity index (χ1) is 42.9. The van der Waals surface area contributed by atoms with Crippen molar-refractivity contribution < 1.29 is 80.2 Å². The van der Waals surface area contributed by atoms with Crippen molar-refractivity contribution >= 4 is 39.5 Å². The normalized spacial score (nSPS) is 14.1. The van der Waals surface area contributed by atoms with Crippen LogP contribution >= 0.6 is 15.6 Å². The molecule has 0 aliphatic rings. The van der Waals surface area contributed by atoms with E-state index in [1.807, 2.05) is 0 Å². The Morgan fingerprint density at radius 3 is 0.764 bits per heavy atom. The summed E-state index contributed by atoms with van der Waals surface area (Å²) in [4.78, 5) is 72.4. The predicted molar refractivity (Wildman–Crippen MR) is 358 cm³/mol. The minimum atomic E-state index is -4.95. The zero-order chi connectivity index (χ0) is 65.7. The smallest absolute Gasteiger partial charge is 0.462 e. The van der Waals surface area contributed by atoms with Crippen LogP contribution in [0.3, 0.4) is 0 Å². The molecule has 19 heteroatoms. The van der Waals surface area contributed by atoms with Crippen LogP contribution in [0.4, 0.5) is 0 Å². The molecule has 2 unspecified atom stereocenters. The Hall–Kier alpha value is -1.94. The van der Waals surface area contributed by atoms with E-state index in [2.05, 4.69) is 41.5 Å². The number of carbonyl (C=O) groups excluding carboxylic acids is 4. The molecular weight excluding hydrogens is 1170 g/mol. The number of phosphoric acid groups is 2. The third kappa shape index (κ3) is 64.6. The second-order valence-corrected chi connectivity index (χ2v) is 29.1. The van der Waals surface area contributed by atoms with Crippen LogP contribution < -0.4 is 0 Å². The second-order valence-electron chi connectivity index (χ2n) is 26.2. The fraction of sp³-hybridized carbons (Fsp3) is 0.943. The molecule has 0 spiro atoms. The lowest BCUT2D eigenvalue weighted by Crippen LogP contribution is -2.30. The Morgan fingerprint density at radius 1 is 0.303 bits per heavy atom. The highest BCUT2D eigenvalue weighted by molar-refractivity contribution is 7.47. The van der Waals surface area contributed by atoms with Crippen molar-refractivity contribution in [2.45, 2.75) is 374 Å². The van der Waals surface area contributed by atoms with Crippen molar-refractivity contribution in [2.75, 3.05) is 39.6 Å². The summed E-state index contributed by atoms with van der Waals surface area (Å²) < 4.78 is 68.2. The summed E-state index contributed by atoms with van der Waals surface area (Å²) in [7, 11) is -9.90. The van der Waals surface area contributed by atoms with E-state index >= 15 is 0 Å². The Labute approximate surface area is 543 Å². The molecule has 0 saturated heterocycles. The lowest BCUT2D eigenvalue weighted by atomic mass is 10.0. The molecule has 0 aliphatic heterocycles. The average molecular weight is 1310 g/mol. The Kier molecular flexibility index (Phi) is 60.8. The van der Waals surface area contributed by atoms with E-state index in [0.29, 0.717) is 25.7 Å². The number of carbonyl (C=O) groups is 4. The number of phosphoric ester groups is 2. The fourth-order valence-electron chi connectivity index (χ4n) is 10.6. The maximum atomic E-state index is 13.0. The largest absolute Gasteiger partial charge is 0.472 e. The maximum Gasteiger partial charge on any atom is 0.472 e. The van der Waals surface area contributed by atoms with E-state index in [1.165, 1.54) is 167 Å². The van der Waals surface area contributed by atoms with Gasteiger partial charge in [0.1, 0.15) is 19.3 Å². The predicted octanol–water partition coefficient (Wildman–Crippen LogP) is 20.0. The molecule has 17 nitrogen and oxygen atoms in total. The maximum absolute atomic E-state index is 13.0. The van der Waals surface area contributed by atoms with Crippen LogP contribution in [0, 0.1) is 11.8 Å². The monoisotopic (exact) mass is 1310 g/mol. The molecular formula is C70H136O17P2. The summed E-state index contributed by atoms with van der Waals surface area (Å²) in [6.45, 7) is 9.48. The van der Waals surface area contributed by atoms with Gasteiger partial charge < -0.3 is 33.8 Å². The number of unbranched alkanes of at least 4 members (excludes halogenated alkanes) is 39. The molecule has 5 atom stereocenters. The topological polar surface area (TPSA) is 237 Å². The van der Waals surface area contributed by atoms with Gasteiger partial charge in [-0.2, -0.15) is 0 Å². The van der Waals surface area contributed by atoms with Gasteiger partial charge in [-0.1, -0.05) is 305 Å². The molecule has 0 aromatic heterocycles. The van der Waals surface area contributed by atoms with Gasteiger partial charge in [-0.3, -0.25) is 37.3 Å². The van der Waals surface area contributed by atoms with E-state index in [0.717, 1.165) is 108 Å². The molecule has 528 valence electrons. The standard InChI is InChI=1S/C70H136O17P2/c1-7-9-11-13-15-17-18-19-20-21-22-23-24-29-36-42-48-54-69(74)86-66(59-81-68(73)53-47-41-35-28-26-25-27-32-38-44-50-62(3)4)61-85-89(78,79)83-57-64(71)56-82-88(76,77)84-60-65(58-80-67(72)52-46-40-34-16-14-12-10-8-2)87-70(75)55-49-43-37-31-30-33-39-45-51-63(5)6/h62-66,71H,7-61H2,1-6H3,(H,76,77)(H,78,79)/t64-,65+,66+/m0/s1. The number of aliphatic hydroxyl groups is 1. The molecule has 0 fully saturated rings. The molecule has 0 amide bonds. The molecule has 0 aromatic carbocycles. The van der Waals surface area contributed by atoms with Gasteiger partial charge in [-0.15, -0.1) is 0 Å². The molecule has 0 heterocycles. The van der Waals surface area contributed by atoms with Crippen LogP contribution in [-0.2, 0) is 65.4 Å². The van der Waals surface area contributed by atoms with Gasteiger partial charge in [0.25, 0.3) is 0 Å². The fourth-order valence-corrected chi connectivity index (χ4v) is 12.2. The highest BCUT2D eigenvalue weighted by atomic mass is 31.2. The number of esters is 4. The summed E-state index contributed by atoms with van der Waals surface area (Å²) in [5, 5.41) is 10.6. The van der Waals surface area contributed by atoms with E-state index in [1.54, 1.807) is 0 Å². The first-order valence-corrected chi connectivity index (χ1v) is 39.5. The first kappa shape index (κ1) is 87.1. The number of hydrogen-bond donors (Lipinski definition) is 3. The van der Waals surface area contributed by atoms with Gasteiger partial charge >= 0.3 is 39.5 Å². The minimum Gasteiger partial charge on any atom is -0.462 e. The number of rotatable bonds is 69. The summed E-state index contributed by atoms with van der Waals surface area (Å²) >= 11 is 0. The highest BCUT2D eigenvalue weighted by Gasteiger charge is 2.30. The third-order valence-corrected chi connectivity index (χ3v) is 18.1. The van der Waals surface area contributed by atoms with Crippen molar-refractivity contribution in [2.24, 2.45) is 11.8 Å². The van der Waals surface area contributed by atoms with Crippen molar-refractivity contribution in [3.05, 3.63) is 0 Å². The second kappa shape index (κ2) is 62.2. The van der Waals surface area contributed by atoms with Crippen LogP contribution in [0.2, 0.25) is 0 Å². The van der Waals surface area contributed by atoms with Crippen LogP contribution in [0.1, 0.15) is 356 Å². The van der Waals surface area contributed by atoms with Crippen LogP contribution in [0.5, 0.6) is 0 Å². The van der Waals surface area contributed by atoms with Crippen LogP contribution in [0.25, 0.3) is 0 Å². The van der Waals surface area contributed by atoms with Gasteiger partial charge in [-0.05, 0) is 37.5 Å². The molecule has 0 aliphatic carbocycles. The molecule has 3 N–H and O–H groups in total. The number of hydrogen-bond acceptors (Lipinski definition) is 15. The van der Waals surface area contributed by atoms with E-state index in [4.69, 9.17) is 37.0 Å². The third-order valence-electron chi connectivity index (χ3n) is 16.2. The Bertz CT molecular complexity index is 1730. The lowest BCUT2D eigenvalue weighted by molar-refractivity contribution is -0.161. The minimum absolute atomic E-state index is 0.104. The van der Waals surface area contributed by atoms with E-state index < -0.39 is 97.5 Å². The Morgan fingerprint density at radius 2 is 0.517 bits per heavy atom. The summed E-state index contributed by atoms with van der Waals surface area (Å²) in [5.74, 6) is -0.651. The van der Waals surface area contributed by atoms with Crippen molar-refractivity contribution in [1.82, 2.24) is 0 Å². The van der Waals surface area contributed by atoms with E-state index in [-0.39, 0.29) is 25.7 Å². The van der Waals surface area contributed by atoms with Gasteiger partial charge in [0.2, 0.25) is 0 Å². The molecule has 0 aromatic rings. The SMILES string of the molecule is CCCCCCCCCCCCCCCCCCCC(=O)O[C@H](COC(=O)CCCCCCCCCCCCC(C)C)COP(=O)(O)OC[C@@H](O)COP(=O)(O)OC[C@@H](COC(=O)CCCCCCCCCC)OC(=O)CCCCCCCCCCC(C)C. The molecule has 0 rings (SSSR count). The molecule has 0 bridgehead atoms. The van der Waals surface area contributed by atoms with Gasteiger partial charge in [-0.25, -0.2) is 9.13 Å². The van der Waals surface area contributed by atoms with Gasteiger partial charge in [0.05, 0.1) is 26.4 Å². The quantitative estimate of drug-likeness (QED) is 0.0222.